The van der Waals surface area contributed by atoms with Gasteiger partial charge in [0.1, 0.15) is 0 Å². The Morgan fingerprint density at radius 1 is 1.53 bits per heavy atom. The van der Waals surface area contributed by atoms with Gasteiger partial charge in [-0.2, -0.15) is 20.2 Å². The number of nitrogens with one attached hydrogen (secondary N) is 1. The van der Waals surface area contributed by atoms with Crippen LogP contribution in [0, 0.1) is 17.2 Å². The first-order chi connectivity index (χ1) is 7.15. The summed E-state index contributed by atoms with van der Waals surface area (Å²) >= 11 is 5.59. The summed E-state index contributed by atoms with van der Waals surface area (Å²) in [7, 11) is 0. The number of nitriles is 1. The van der Waals surface area contributed by atoms with E-state index in [0.29, 0.717) is 12.5 Å². The van der Waals surface area contributed by atoms with Crippen molar-refractivity contribution in [3.05, 3.63) is 5.28 Å². The molecule has 3 N–H and O–H groups in total. The molecule has 0 aliphatic carbocycles. The second-order valence-corrected chi connectivity index (χ2v) is 3.24. The summed E-state index contributed by atoms with van der Waals surface area (Å²) < 4.78 is 0. The molecule has 1 atom stereocenters. The molecular formula is C8H11ClN6. The molecule has 1 aromatic rings. The van der Waals surface area contributed by atoms with Crippen LogP contribution in [0.25, 0.3) is 0 Å². The highest BCUT2D eigenvalue weighted by Gasteiger charge is 2.06. The van der Waals surface area contributed by atoms with Gasteiger partial charge in [-0.05, 0) is 18.0 Å². The Morgan fingerprint density at radius 2 is 2.27 bits per heavy atom. The van der Waals surface area contributed by atoms with Crippen LogP contribution < -0.4 is 11.1 Å². The monoisotopic (exact) mass is 226 g/mol. The third-order valence-corrected chi connectivity index (χ3v) is 1.98. The molecule has 1 rings (SSSR count). The van der Waals surface area contributed by atoms with Crippen LogP contribution in [0.1, 0.15) is 13.3 Å². The smallest absolute Gasteiger partial charge is 0.228 e. The van der Waals surface area contributed by atoms with Crippen LogP contribution in [-0.2, 0) is 0 Å². The molecule has 0 amide bonds. The molecule has 0 aromatic carbocycles. The summed E-state index contributed by atoms with van der Waals surface area (Å²) in [6.07, 6.45) is 0.762. The highest BCUT2D eigenvalue weighted by atomic mass is 35.5. The molecule has 15 heavy (non-hydrogen) atoms. The van der Waals surface area contributed by atoms with Gasteiger partial charge in [-0.25, -0.2) is 0 Å². The minimum atomic E-state index is -0.0817. The Kier molecular flexibility index (Phi) is 4.06. The van der Waals surface area contributed by atoms with E-state index in [1.807, 2.05) is 6.92 Å². The highest BCUT2D eigenvalue weighted by Crippen LogP contribution is 2.08. The van der Waals surface area contributed by atoms with Crippen LogP contribution >= 0.6 is 11.6 Å². The van der Waals surface area contributed by atoms with E-state index in [1.165, 1.54) is 0 Å². The van der Waals surface area contributed by atoms with E-state index in [9.17, 15) is 0 Å². The SMILES string of the molecule is CCC(C#N)CNc1nc(N)nc(Cl)n1. The zero-order valence-electron chi connectivity index (χ0n) is 8.24. The third-order valence-electron chi connectivity index (χ3n) is 1.81. The van der Waals surface area contributed by atoms with Crippen molar-refractivity contribution >= 4 is 23.5 Å². The van der Waals surface area contributed by atoms with Gasteiger partial charge in [0.2, 0.25) is 17.2 Å². The Labute approximate surface area is 92.5 Å². The number of aromatic nitrogens is 3. The topological polar surface area (TPSA) is 101 Å². The van der Waals surface area contributed by atoms with Gasteiger partial charge in [0.15, 0.2) is 0 Å². The number of nitrogens with zero attached hydrogens (tertiary/aromatic N) is 4. The van der Waals surface area contributed by atoms with Crippen molar-refractivity contribution in [1.29, 1.82) is 5.26 Å². The Bertz CT molecular complexity index is 354. The van der Waals surface area contributed by atoms with Crippen molar-refractivity contribution in [2.45, 2.75) is 13.3 Å². The molecule has 0 spiro atoms. The summed E-state index contributed by atoms with van der Waals surface area (Å²) in [5.41, 5.74) is 5.38. The number of halogens is 1. The molecular weight excluding hydrogens is 216 g/mol. The zero-order valence-corrected chi connectivity index (χ0v) is 8.99. The van der Waals surface area contributed by atoms with Crippen LogP contribution in [-0.4, -0.2) is 21.5 Å². The standard InChI is InChI=1S/C8H11ClN6/c1-2-5(3-10)4-12-8-14-6(9)13-7(11)15-8/h5H,2,4H2,1H3,(H3,11,12,13,14,15). The first-order valence-electron chi connectivity index (χ1n) is 4.46. The van der Waals surface area contributed by atoms with Crippen molar-refractivity contribution < 1.29 is 0 Å². The molecule has 0 saturated heterocycles. The molecule has 0 aliphatic rings. The van der Waals surface area contributed by atoms with E-state index in [2.05, 4.69) is 26.3 Å². The number of nitrogen functional groups attached to an aromatic ring is 1. The lowest BCUT2D eigenvalue weighted by Crippen LogP contribution is -2.14. The maximum Gasteiger partial charge on any atom is 0.228 e. The minimum Gasteiger partial charge on any atom is -0.368 e. The van der Waals surface area contributed by atoms with Crippen molar-refractivity contribution in [3.63, 3.8) is 0 Å². The van der Waals surface area contributed by atoms with Gasteiger partial charge in [0.25, 0.3) is 0 Å². The van der Waals surface area contributed by atoms with Gasteiger partial charge in [-0.15, -0.1) is 0 Å². The molecule has 1 unspecified atom stereocenters. The normalized spacial score (nSPS) is 11.8. The van der Waals surface area contributed by atoms with Crippen LogP contribution in [0.2, 0.25) is 5.28 Å². The minimum absolute atomic E-state index is 0.0370. The lowest BCUT2D eigenvalue weighted by atomic mass is 10.1. The molecule has 0 radical (unpaired) electrons. The number of rotatable bonds is 4. The van der Waals surface area contributed by atoms with Gasteiger partial charge in [-0.1, -0.05) is 6.92 Å². The molecule has 7 heteroatoms. The van der Waals surface area contributed by atoms with Crippen molar-refractivity contribution in [2.24, 2.45) is 5.92 Å². The predicted octanol–water partition coefficient (Wildman–Crippen LogP) is 1.07. The quantitative estimate of drug-likeness (QED) is 0.797. The predicted molar refractivity (Wildman–Crippen MR) is 57.1 cm³/mol. The fourth-order valence-electron chi connectivity index (χ4n) is 0.940. The Morgan fingerprint density at radius 3 is 2.80 bits per heavy atom. The molecule has 0 fully saturated rings. The molecule has 1 aromatic heterocycles. The molecule has 6 nitrogen and oxygen atoms in total. The van der Waals surface area contributed by atoms with Crippen molar-refractivity contribution in [1.82, 2.24) is 15.0 Å². The summed E-state index contributed by atoms with van der Waals surface area (Å²) in [5.74, 6) is 0.269. The maximum absolute atomic E-state index is 8.72. The Balaban J connectivity index is 2.62. The number of hydrogen-bond acceptors (Lipinski definition) is 6. The van der Waals surface area contributed by atoms with E-state index in [0.717, 1.165) is 6.42 Å². The molecule has 1 heterocycles. The lowest BCUT2D eigenvalue weighted by molar-refractivity contribution is 0.670. The van der Waals surface area contributed by atoms with E-state index in [-0.39, 0.29) is 17.1 Å². The summed E-state index contributed by atoms with van der Waals surface area (Å²) in [6.45, 7) is 2.40. The van der Waals surface area contributed by atoms with Gasteiger partial charge >= 0.3 is 0 Å². The van der Waals surface area contributed by atoms with E-state index in [1.54, 1.807) is 0 Å². The van der Waals surface area contributed by atoms with Crippen molar-refractivity contribution in [3.8, 4) is 6.07 Å². The summed E-state index contributed by atoms with van der Waals surface area (Å²) in [6, 6.07) is 2.15. The molecule has 0 saturated carbocycles. The van der Waals surface area contributed by atoms with Crippen molar-refractivity contribution in [2.75, 3.05) is 17.6 Å². The van der Waals surface area contributed by atoms with Crippen LogP contribution in [0.4, 0.5) is 11.9 Å². The average molecular weight is 227 g/mol. The fourth-order valence-corrected chi connectivity index (χ4v) is 1.11. The maximum atomic E-state index is 8.72. The second-order valence-electron chi connectivity index (χ2n) is 2.90. The van der Waals surface area contributed by atoms with Gasteiger partial charge in [0.05, 0.1) is 12.0 Å². The van der Waals surface area contributed by atoms with Crippen LogP contribution in [0.15, 0.2) is 0 Å². The zero-order chi connectivity index (χ0) is 11.3. The van der Waals surface area contributed by atoms with Crippen LogP contribution in [0.5, 0.6) is 0 Å². The van der Waals surface area contributed by atoms with E-state index in [4.69, 9.17) is 22.6 Å². The third kappa shape index (κ3) is 3.56. The van der Waals surface area contributed by atoms with Gasteiger partial charge in [0, 0.05) is 6.54 Å². The molecule has 0 bridgehead atoms. The van der Waals surface area contributed by atoms with Crippen LogP contribution in [0.3, 0.4) is 0 Å². The largest absolute Gasteiger partial charge is 0.368 e. The summed E-state index contributed by atoms with van der Waals surface area (Å²) in [5, 5.41) is 11.6. The first kappa shape index (κ1) is 11.5. The molecule has 0 aliphatic heterocycles. The highest BCUT2D eigenvalue weighted by molar-refractivity contribution is 6.28. The summed E-state index contributed by atoms with van der Waals surface area (Å²) in [4.78, 5) is 11.3. The number of anilines is 2. The number of hydrogen-bond donors (Lipinski definition) is 2. The first-order valence-corrected chi connectivity index (χ1v) is 4.84. The van der Waals surface area contributed by atoms with E-state index < -0.39 is 0 Å². The lowest BCUT2D eigenvalue weighted by Gasteiger charge is -2.07. The Hall–Kier alpha value is -1.61. The number of nitrogens with two attached hydrogens (primary N) is 1. The van der Waals surface area contributed by atoms with Gasteiger partial charge in [-0.3, -0.25) is 0 Å². The van der Waals surface area contributed by atoms with E-state index >= 15 is 0 Å². The average Bonchev–Trinajstić information content (AvgIpc) is 2.18. The fraction of sp³-hybridized carbons (Fsp3) is 0.500. The molecule has 80 valence electrons. The second kappa shape index (κ2) is 5.32. The van der Waals surface area contributed by atoms with Gasteiger partial charge < -0.3 is 11.1 Å².